The molecule has 5 nitrogen and oxygen atoms in total. The monoisotopic (exact) mass is 266 g/mol. The summed E-state index contributed by atoms with van der Waals surface area (Å²) >= 11 is 0. The van der Waals surface area contributed by atoms with Crippen LogP contribution in [0.4, 0.5) is 5.82 Å². The number of rotatable bonds is 3. The summed E-state index contributed by atoms with van der Waals surface area (Å²) in [5.74, 6) is 1.43. The van der Waals surface area contributed by atoms with Gasteiger partial charge in [-0.1, -0.05) is 36.3 Å². The Labute approximate surface area is 116 Å². The van der Waals surface area contributed by atoms with Crippen LogP contribution in [-0.2, 0) is 6.42 Å². The molecular weight excluding hydrogens is 252 g/mol. The molecule has 0 fully saturated rings. The van der Waals surface area contributed by atoms with E-state index < -0.39 is 0 Å². The van der Waals surface area contributed by atoms with E-state index in [4.69, 9.17) is 10.3 Å². The summed E-state index contributed by atoms with van der Waals surface area (Å²) in [6.45, 7) is 2.12. The zero-order valence-electron chi connectivity index (χ0n) is 11.1. The molecule has 0 unspecified atom stereocenters. The fourth-order valence-corrected chi connectivity index (χ4v) is 1.93. The summed E-state index contributed by atoms with van der Waals surface area (Å²) in [5, 5.41) is 4.00. The number of nitrogens with two attached hydrogens (primary N) is 1. The van der Waals surface area contributed by atoms with Gasteiger partial charge in [0.2, 0.25) is 5.82 Å². The number of benzene rings is 1. The molecule has 0 saturated heterocycles. The minimum absolute atomic E-state index is 0.426. The third-order valence-electron chi connectivity index (χ3n) is 3.07. The molecule has 0 aliphatic heterocycles. The van der Waals surface area contributed by atoms with Gasteiger partial charge in [0.25, 0.3) is 5.89 Å². The Balaban J connectivity index is 1.93. The highest BCUT2D eigenvalue weighted by Gasteiger charge is 2.10. The summed E-state index contributed by atoms with van der Waals surface area (Å²) in [6.07, 6.45) is 2.62. The van der Waals surface area contributed by atoms with Gasteiger partial charge < -0.3 is 10.3 Å². The largest absolute Gasteiger partial charge is 0.384 e. The van der Waals surface area contributed by atoms with Crippen LogP contribution in [0.3, 0.4) is 0 Å². The number of hydrogen-bond acceptors (Lipinski definition) is 5. The minimum atomic E-state index is 0.426. The van der Waals surface area contributed by atoms with Crippen molar-refractivity contribution in [3.8, 4) is 22.8 Å². The van der Waals surface area contributed by atoms with Crippen molar-refractivity contribution < 1.29 is 4.52 Å². The molecule has 5 heteroatoms. The Bertz CT molecular complexity index is 719. The third kappa shape index (κ3) is 2.38. The molecule has 0 saturated carbocycles. The lowest BCUT2D eigenvalue weighted by molar-refractivity contribution is 0.432. The molecule has 0 atom stereocenters. The second-order valence-corrected chi connectivity index (χ2v) is 4.44. The first-order valence-electron chi connectivity index (χ1n) is 6.41. The van der Waals surface area contributed by atoms with Crippen molar-refractivity contribution in [2.24, 2.45) is 0 Å². The normalized spacial score (nSPS) is 10.7. The maximum Gasteiger partial charge on any atom is 0.258 e. The van der Waals surface area contributed by atoms with Crippen LogP contribution in [0.25, 0.3) is 22.8 Å². The predicted octanol–water partition coefficient (Wildman–Crippen LogP) is 2.94. The first-order valence-corrected chi connectivity index (χ1v) is 6.41. The zero-order valence-corrected chi connectivity index (χ0v) is 11.1. The Morgan fingerprint density at radius 1 is 1.10 bits per heavy atom. The van der Waals surface area contributed by atoms with Crippen molar-refractivity contribution in [1.82, 2.24) is 15.1 Å². The average Bonchev–Trinajstić information content (AvgIpc) is 2.97. The summed E-state index contributed by atoms with van der Waals surface area (Å²) in [4.78, 5) is 8.32. The highest BCUT2D eigenvalue weighted by Crippen LogP contribution is 2.23. The van der Waals surface area contributed by atoms with Crippen molar-refractivity contribution in [3.63, 3.8) is 0 Å². The van der Waals surface area contributed by atoms with Crippen LogP contribution >= 0.6 is 0 Å². The summed E-state index contributed by atoms with van der Waals surface area (Å²) in [6, 6.07) is 11.6. The van der Waals surface area contributed by atoms with E-state index in [1.54, 1.807) is 18.3 Å². The van der Waals surface area contributed by atoms with Crippen LogP contribution in [0.1, 0.15) is 12.5 Å². The van der Waals surface area contributed by atoms with Crippen molar-refractivity contribution in [3.05, 3.63) is 48.2 Å². The van der Waals surface area contributed by atoms with E-state index in [1.807, 2.05) is 12.1 Å². The molecule has 0 radical (unpaired) electrons. The Kier molecular flexibility index (Phi) is 3.16. The smallest absolute Gasteiger partial charge is 0.258 e. The maximum atomic E-state index is 5.64. The van der Waals surface area contributed by atoms with E-state index in [0.29, 0.717) is 17.5 Å². The molecule has 0 aliphatic carbocycles. The topological polar surface area (TPSA) is 77.8 Å². The van der Waals surface area contributed by atoms with Gasteiger partial charge in [-0.25, -0.2) is 4.98 Å². The van der Waals surface area contributed by atoms with E-state index >= 15 is 0 Å². The van der Waals surface area contributed by atoms with Crippen molar-refractivity contribution >= 4 is 5.82 Å². The number of nitrogens with zero attached hydrogens (tertiary/aromatic N) is 3. The average molecular weight is 266 g/mol. The molecule has 2 aromatic heterocycles. The number of pyridine rings is 1. The first-order chi connectivity index (χ1) is 9.76. The van der Waals surface area contributed by atoms with Gasteiger partial charge in [-0.15, -0.1) is 0 Å². The van der Waals surface area contributed by atoms with Crippen LogP contribution < -0.4 is 5.73 Å². The van der Waals surface area contributed by atoms with E-state index in [-0.39, 0.29) is 0 Å². The molecule has 0 bridgehead atoms. The summed E-state index contributed by atoms with van der Waals surface area (Å²) < 4.78 is 5.27. The summed E-state index contributed by atoms with van der Waals surface area (Å²) in [5.41, 5.74) is 8.62. The SMILES string of the molecule is CCc1ccc(-c2noc(-c3ccnc(N)c3)n2)cc1. The van der Waals surface area contributed by atoms with Gasteiger partial charge in [-0.05, 0) is 24.1 Å². The van der Waals surface area contributed by atoms with Gasteiger partial charge in [0, 0.05) is 17.3 Å². The number of hydrogen-bond donors (Lipinski definition) is 1. The van der Waals surface area contributed by atoms with Crippen molar-refractivity contribution in [2.75, 3.05) is 5.73 Å². The highest BCUT2D eigenvalue weighted by molar-refractivity contribution is 5.61. The van der Waals surface area contributed by atoms with Gasteiger partial charge >= 0.3 is 0 Å². The lowest BCUT2D eigenvalue weighted by Crippen LogP contribution is -1.89. The Morgan fingerprint density at radius 3 is 2.60 bits per heavy atom. The molecule has 0 aliphatic rings. The molecule has 0 amide bonds. The molecule has 2 heterocycles. The number of aromatic nitrogens is 3. The fourth-order valence-electron chi connectivity index (χ4n) is 1.93. The van der Waals surface area contributed by atoms with Gasteiger partial charge in [0.15, 0.2) is 0 Å². The van der Waals surface area contributed by atoms with Crippen LogP contribution in [0, 0.1) is 0 Å². The quantitative estimate of drug-likeness (QED) is 0.788. The molecular formula is C15H14N4O. The maximum absolute atomic E-state index is 5.64. The molecule has 3 aromatic rings. The molecule has 20 heavy (non-hydrogen) atoms. The second kappa shape index (κ2) is 5.13. The van der Waals surface area contributed by atoms with Crippen LogP contribution in [0.2, 0.25) is 0 Å². The van der Waals surface area contributed by atoms with E-state index in [2.05, 4.69) is 34.2 Å². The number of nitrogen functional groups attached to an aromatic ring is 1. The van der Waals surface area contributed by atoms with Crippen molar-refractivity contribution in [2.45, 2.75) is 13.3 Å². The molecule has 100 valence electrons. The van der Waals surface area contributed by atoms with Crippen LogP contribution in [0.5, 0.6) is 0 Å². The second-order valence-electron chi connectivity index (χ2n) is 4.44. The molecule has 1 aromatic carbocycles. The Morgan fingerprint density at radius 2 is 1.90 bits per heavy atom. The van der Waals surface area contributed by atoms with Gasteiger partial charge in [-0.2, -0.15) is 4.98 Å². The molecule has 2 N–H and O–H groups in total. The summed E-state index contributed by atoms with van der Waals surface area (Å²) in [7, 11) is 0. The lowest BCUT2D eigenvalue weighted by atomic mass is 10.1. The molecule has 3 rings (SSSR count). The standard InChI is InChI=1S/C15H14N4O/c1-2-10-3-5-11(6-4-10)14-18-15(20-19-14)12-7-8-17-13(16)9-12/h3-9H,2H2,1H3,(H2,16,17). The van der Waals surface area contributed by atoms with Gasteiger partial charge in [-0.3, -0.25) is 0 Å². The third-order valence-corrected chi connectivity index (χ3v) is 3.07. The van der Waals surface area contributed by atoms with E-state index in [0.717, 1.165) is 17.5 Å². The molecule has 0 spiro atoms. The predicted molar refractivity (Wildman–Crippen MR) is 76.8 cm³/mol. The van der Waals surface area contributed by atoms with Crippen molar-refractivity contribution in [1.29, 1.82) is 0 Å². The van der Waals surface area contributed by atoms with Crippen LogP contribution in [0.15, 0.2) is 47.1 Å². The van der Waals surface area contributed by atoms with E-state index in [9.17, 15) is 0 Å². The van der Waals surface area contributed by atoms with Crippen LogP contribution in [-0.4, -0.2) is 15.1 Å². The Hall–Kier alpha value is -2.69. The highest BCUT2D eigenvalue weighted by atomic mass is 16.5. The van der Waals surface area contributed by atoms with Gasteiger partial charge in [0.1, 0.15) is 5.82 Å². The fraction of sp³-hybridized carbons (Fsp3) is 0.133. The number of aryl methyl sites for hydroxylation is 1. The van der Waals surface area contributed by atoms with Gasteiger partial charge in [0.05, 0.1) is 0 Å². The minimum Gasteiger partial charge on any atom is -0.384 e. The number of anilines is 1. The zero-order chi connectivity index (χ0) is 13.9. The first kappa shape index (κ1) is 12.3. The van der Waals surface area contributed by atoms with E-state index in [1.165, 1.54) is 5.56 Å². The lowest BCUT2D eigenvalue weighted by Gasteiger charge is -1.97.